The molecule has 2 heterocycles. The number of thioether (sulfide) groups is 1. The Kier molecular flexibility index (Phi) is 6.84. The molecule has 0 bridgehead atoms. The zero-order valence-electron chi connectivity index (χ0n) is 17.1. The van der Waals surface area contributed by atoms with Crippen LogP contribution >= 0.6 is 11.8 Å². The fourth-order valence-electron chi connectivity index (χ4n) is 2.94. The first kappa shape index (κ1) is 22.3. The summed E-state index contributed by atoms with van der Waals surface area (Å²) in [5.74, 6) is -1.36. The normalized spacial score (nSPS) is 11.7. The molecule has 1 aliphatic heterocycles. The van der Waals surface area contributed by atoms with Gasteiger partial charge in [0.15, 0.2) is 18.1 Å². The van der Waals surface area contributed by atoms with Gasteiger partial charge in [0.2, 0.25) is 18.5 Å². The van der Waals surface area contributed by atoms with Crippen LogP contribution in [0.4, 0.5) is 10.1 Å². The van der Waals surface area contributed by atoms with Gasteiger partial charge >= 0.3 is 5.97 Å². The molecular weight excluding hydrogens is 451 g/mol. The topological polar surface area (TPSA) is 104 Å². The molecule has 1 amide bonds. The van der Waals surface area contributed by atoms with E-state index in [2.05, 4.69) is 10.3 Å². The van der Waals surface area contributed by atoms with E-state index in [-0.39, 0.29) is 34.6 Å². The molecule has 10 heteroatoms. The van der Waals surface area contributed by atoms with Gasteiger partial charge in [-0.25, -0.2) is 14.2 Å². The lowest BCUT2D eigenvalue weighted by atomic mass is 10.1. The summed E-state index contributed by atoms with van der Waals surface area (Å²) in [4.78, 5) is 41.1. The van der Waals surface area contributed by atoms with Crippen LogP contribution in [-0.4, -0.2) is 41.8 Å². The van der Waals surface area contributed by atoms with Crippen LogP contribution in [0.25, 0.3) is 0 Å². The summed E-state index contributed by atoms with van der Waals surface area (Å²) >= 11 is 1.04. The molecule has 1 N–H and O–H groups in total. The molecular formula is C23H17FN2O6S. The van der Waals surface area contributed by atoms with E-state index in [9.17, 15) is 18.8 Å². The number of Topliss-reactive ketones (excluding diaryl/α,β-unsaturated/α-hetero) is 1. The summed E-state index contributed by atoms with van der Waals surface area (Å²) < 4.78 is 29.3. The Balaban J connectivity index is 1.34. The fraction of sp³-hybridized carbons (Fsp3) is 0.130. The number of halogens is 1. The number of nitrogens with zero attached hydrogens (tertiary/aromatic N) is 1. The molecule has 8 nitrogen and oxygen atoms in total. The van der Waals surface area contributed by atoms with Gasteiger partial charge in [-0.2, -0.15) is 0 Å². The quantitative estimate of drug-likeness (QED) is 0.303. The second-order valence-electron chi connectivity index (χ2n) is 6.74. The number of amides is 1. The Labute approximate surface area is 192 Å². The van der Waals surface area contributed by atoms with E-state index in [4.69, 9.17) is 14.2 Å². The van der Waals surface area contributed by atoms with Crippen molar-refractivity contribution in [2.24, 2.45) is 0 Å². The Morgan fingerprint density at radius 1 is 1.03 bits per heavy atom. The number of rotatable bonds is 8. The highest BCUT2D eigenvalue weighted by atomic mass is 32.2. The highest BCUT2D eigenvalue weighted by Gasteiger charge is 2.19. The lowest BCUT2D eigenvalue weighted by Gasteiger charge is -2.09. The number of anilines is 1. The fourth-order valence-corrected chi connectivity index (χ4v) is 3.72. The van der Waals surface area contributed by atoms with Crippen LogP contribution in [0.5, 0.6) is 11.5 Å². The van der Waals surface area contributed by atoms with Crippen LogP contribution in [0, 0.1) is 5.82 Å². The molecule has 3 aromatic rings. The van der Waals surface area contributed by atoms with E-state index in [1.54, 1.807) is 18.2 Å². The van der Waals surface area contributed by atoms with Gasteiger partial charge in [0.05, 0.1) is 16.9 Å². The molecule has 0 saturated carbocycles. The Morgan fingerprint density at radius 2 is 1.82 bits per heavy atom. The van der Waals surface area contributed by atoms with E-state index in [1.165, 1.54) is 36.5 Å². The molecule has 33 heavy (non-hydrogen) atoms. The molecule has 0 radical (unpaired) electrons. The minimum Gasteiger partial charge on any atom is -0.454 e. The van der Waals surface area contributed by atoms with Gasteiger partial charge in [0.1, 0.15) is 10.8 Å². The van der Waals surface area contributed by atoms with E-state index in [0.717, 1.165) is 17.8 Å². The molecule has 0 atom stereocenters. The van der Waals surface area contributed by atoms with Crippen LogP contribution in [0.1, 0.15) is 20.7 Å². The predicted octanol–water partition coefficient (Wildman–Crippen LogP) is 3.72. The molecule has 1 aliphatic rings. The number of carbonyl (C=O) groups excluding carboxylic acids is 3. The number of hydrogen-bond acceptors (Lipinski definition) is 8. The average Bonchev–Trinajstić information content (AvgIpc) is 3.29. The summed E-state index contributed by atoms with van der Waals surface area (Å²) in [6.07, 6.45) is 1.47. The number of fused-ring (bicyclic) bond motifs is 1. The van der Waals surface area contributed by atoms with Crippen molar-refractivity contribution in [3.8, 4) is 11.5 Å². The molecule has 0 aliphatic carbocycles. The SMILES string of the molecule is O=C(CSc1ncccc1C(=O)OCC(=O)c1ccccc1F)Nc1ccc2c(c1)OCO2. The number of pyridine rings is 1. The van der Waals surface area contributed by atoms with Gasteiger partial charge in [-0.1, -0.05) is 23.9 Å². The Hall–Kier alpha value is -3.92. The van der Waals surface area contributed by atoms with Crippen molar-refractivity contribution in [2.45, 2.75) is 5.03 Å². The van der Waals surface area contributed by atoms with Crippen molar-refractivity contribution in [1.82, 2.24) is 4.98 Å². The number of ether oxygens (including phenoxy) is 3. The molecule has 0 fully saturated rings. The van der Waals surface area contributed by atoms with Crippen molar-refractivity contribution in [3.05, 3.63) is 77.7 Å². The third kappa shape index (κ3) is 5.47. The first-order chi connectivity index (χ1) is 16.0. The Bertz CT molecular complexity index is 1220. The number of benzene rings is 2. The van der Waals surface area contributed by atoms with Crippen LogP contribution in [0.3, 0.4) is 0 Å². The smallest absolute Gasteiger partial charge is 0.341 e. The van der Waals surface area contributed by atoms with E-state index >= 15 is 0 Å². The van der Waals surface area contributed by atoms with Crippen LogP contribution in [0.2, 0.25) is 0 Å². The average molecular weight is 468 g/mol. The summed E-state index contributed by atoms with van der Waals surface area (Å²) in [7, 11) is 0. The van der Waals surface area contributed by atoms with E-state index in [0.29, 0.717) is 17.2 Å². The van der Waals surface area contributed by atoms with Gasteiger partial charge in [-0.3, -0.25) is 9.59 Å². The van der Waals surface area contributed by atoms with Gasteiger partial charge in [0.25, 0.3) is 0 Å². The standard InChI is InChI=1S/C23H17FN2O6S/c24-17-6-2-1-4-15(17)18(27)11-30-23(29)16-5-3-9-25-22(16)33-12-21(28)26-14-7-8-19-20(10-14)32-13-31-19/h1-10H,11-13H2,(H,26,28). The molecule has 1 aromatic heterocycles. The second-order valence-corrected chi connectivity index (χ2v) is 7.70. The maximum absolute atomic E-state index is 13.7. The molecule has 0 spiro atoms. The highest BCUT2D eigenvalue weighted by Crippen LogP contribution is 2.34. The van der Waals surface area contributed by atoms with Crippen LogP contribution in [-0.2, 0) is 9.53 Å². The number of ketones is 1. The van der Waals surface area contributed by atoms with Crippen molar-refractivity contribution < 1.29 is 33.0 Å². The summed E-state index contributed by atoms with van der Waals surface area (Å²) in [5.41, 5.74) is 0.475. The monoisotopic (exact) mass is 468 g/mol. The lowest BCUT2D eigenvalue weighted by molar-refractivity contribution is -0.113. The molecule has 4 rings (SSSR count). The largest absolute Gasteiger partial charge is 0.454 e. The minimum absolute atomic E-state index is 0.0279. The number of hydrogen-bond donors (Lipinski definition) is 1. The third-order valence-electron chi connectivity index (χ3n) is 4.50. The van der Waals surface area contributed by atoms with Crippen LogP contribution < -0.4 is 14.8 Å². The zero-order valence-corrected chi connectivity index (χ0v) is 17.9. The van der Waals surface area contributed by atoms with Gasteiger partial charge < -0.3 is 19.5 Å². The summed E-state index contributed by atoms with van der Waals surface area (Å²) in [6.45, 7) is -0.490. The second kappa shape index (κ2) is 10.1. The maximum Gasteiger partial charge on any atom is 0.341 e. The first-order valence-corrected chi connectivity index (χ1v) is 10.7. The minimum atomic E-state index is -0.800. The lowest BCUT2D eigenvalue weighted by Crippen LogP contribution is -2.17. The number of aromatic nitrogens is 1. The van der Waals surface area contributed by atoms with Gasteiger partial charge in [0, 0.05) is 18.0 Å². The third-order valence-corrected chi connectivity index (χ3v) is 5.50. The van der Waals surface area contributed by atoms with Gasteiger partial charge in [-0.15, -0.1) is 0 Å². The highest BCUT2D eigenvalue weighted by molar-refractivity contribution is 8.00. The first-order valence-electron chi connectivity index (χ1n) is 9.73. The van der Waals surface area contributed by atoms with Crippen molar-refractivity contribution in [3.63, 3.8) is 0 Å². The van der Waals surface area contributed by atoms with Gasteiger partial charge in [-0.05, 0) is 36.4 Å². The van der Waals surface area contributed by atoms with Crippen molar-refractivity contribution in [2.75, 3.05) is 24.5 Å². The molecule has 0 unspecified atom stereocenters. The number of esters is 1. The molecule has 2 aromatic carbocycles. The predicted molar refractivity (Wildman–Crippen MR) is 117 cm³/mol. The summed E-state index contributed by atoms with van der Waals surface area (Å²) in [6, 6.07) is 13.5. The van der Waals surface area contributed by atoms with E-state index < -0.39 is 24.2 Å². The molecule has 168 valence electrons. The number of carbonyl (C=O) groups is 3. The maximum atomic E-state index is 13.7. The van der Waals surface area contributed by atoms with Crippen molar-refractivity contribution >= 4 is 35.1 Å². The van der Waals surface area contributed by atoms with Crippen LogP contribution in [0.15, 0.2) is 65.8 Å². The number of nitrogens with one attached hydrogen (secondary N) is 1. The van der Waals surface area contributed by atoms with E-state index in [1.807, 2.05) is 0 Å². The zero-order chi connectivity index (χ0) is 23.2. The Morgan fingerprint density at radius 3 is 2.67 bits per heavy atom. The van der Waals surface area contributed by atoms with Crippen molar-refractivity contribution in [1.29, 1.82) is 0 Å². The summed E-state index contributed by atoms with van der Waals surface area (Å²) in [5, 5.41) is 3.00. The molecule has 0 saturated heterocycles.